The normalized spacial score (nSPS) is 21.7. The number of alkyl halides is 3. The van der Waals surface area contributed by atoms with Crippen LogP contribution in [-0.4, -0.2) is 39.3 Å². The molecule has 5 rings (SSSR count). The van der Waals surface area contributed by atoms with Crippen LogP contribution in [-0.2, 0) is 6.18 Å². The smallest absolute Gasteiger partial charge is 0.356 e. The fraction of sp³-hybridized carbons (Fsp3) is 0.500. The summed E-state index contributed by atoms with van der Waals surface area (Å²) in [6.07, 6.45) is 3.49. The van der Waals surface area contributed by atoms with Crippen molar-refractivity contribution in [1.29, 1.82) is 0 Å². The summed E-state index contributed by atoms with van der Waals surface area (Å²) in [5.41, 5.74) is 6.17. The Labute approximate surface area is 178 Å². The van der Waals surface area contributed by atoms with Crippen molar-refractivity contribution in [3.05, 3.63) is 36.0 Å². The van der Waals surface area contributed by atoms with Crippen LogP contribution in [0.5, 0.6) is 0 Å². The Morgan fingerprint density at radius 2 is 1.90 bits per heavy atom. The van der Waals surface area contributed by atoms with E-state index < -0.39 is 11.7 Å². The lowest BCUT2D eigenvalue weighted by Gasteiger charge is -2.49. The molecule has 2 fully saturated rings. The molecule has 0 radical (unpaired) electrons. The van der Waals surface area contributed by atoms with Gasteiger partial charge >= 0.3 is 6.18 Å². The fourth-order valence-corrected chi connectivity index (χ4v) is 5.23. The largest absolute Gasteiger partial charge is 0.418 e. The Kier molecular flexibility index (Phi) is 4.88. The molecular weight excluding hydrogens is 405 g/mol. The molecule has 4 heterocycles. The van der Waals surface area contributed by atoms with Crippen LogP contribution in [0.15, 0.2) is 30.5 Å². The van der Waals surface area contributed by atoms with Crippen LogP contribution < -0.4 is 10.6 Å². The van der Waals surface area contributed by atoms with Crippen molar-refractivity contribution in [3.63, 3.8) is 0 Å². The Morgan fingerprint density at radius 3 is 2.68 bits per heavy atom. The number of piperidine rings is 1. The van der Waals surface area contributed by atoms with Crippen LogP contribution in [0.25, 0.3) is 22.4 Å². The van der Waals surface area contributed by atoms with Gasteiger partial charge < -0.3 is 10.6 Å². The van der Waals surface area contributed by atoms with Gasteiger partial charge in [-0.2, -0.15) is 18.3 Å². The number of rotatable bonds is 2. The maximum absolute atomic E-state index is 13.8. The SMILES string of the molecule is NC1CCN(c2ccc(C(F)(F)F)c(-c3n[nH]c4ncccc34)n2)CC12CCCCC2. The number of hydrogen-bond donors (Lipinski definition) is 2. The average molecular weight is 430 g/mol. The van der Waals surface area contributed by atoms with E-state index in [2.05, 4.69) is 25.1 Å². The van der Waals surface area contributed by atoms with Gasteiger partial charge in [-0.1, -0.05) is 19.3 Å². The molecule has 0 bridgehead atoms. The first-order chi connectivity index (χ1) is 14.9. The molecular formula is C22H25F3N6. The van der Waals surface area contributed by atoms with Crippen molar-refractivity contribution in [3.8, 4) is 11.4 Å². The first kappa shape index (κ1) is 20.2. The predicted molar refractivity (Wildman–Crippen MR) is 112 cm³/mol. The molecule has 1 spiro atoms. The van der Waals surface area contributed by atoms with Crippen LogP contribution in [0, 0.1) is 5.41 Å². The van der Waals surface area contributed by atoms with Crippen molar-refractivity contribution in [2.75, 3.05) is 18.0 Å². The molecule has 9 heteroatoms. The van der Waals surface area contributed by atoms with E-state index in [1.807, 2.05) is 0 Å². The number of nitrogens with one attached hydrogen (secondary N) is 1. The maximum Gasteiger partial charge on any atom is 0.418 e. The summed E-state index contributed by atoms with van der Waals surface area (Å²) in [7, 11) is 0. The highest BCUT2D eigenvalue weighted by Crippen LogP contribution is 2.44. The minimum Gasteiger partial charge on any atom is -0.356 e. The van der Waals surface area contributed by atoms with Crippen molar-refractivity contribution in [2.45, 2.75) is 50.7 Å². The maximum atomic E-state index is 13.8. The minimum atomic E-state index is -4.54. The third-order valence-corrected chi connectivity index (χ3v) is 6.92. The number of nitrogens with zero attached hydrogens (tertiary/aromatic N) is 4. The summed E-state index contributed by atoms with van der Waals surface area (Å²) in [6.45, 7) is 1.42. The number of pyridine rings is 2. The molecule has 3 aromatic rings. The summed E-state index contributed by atoms with van der Waals surface area (Å²) in [6, 6.07) is 6.10. The first-order valence-corrected chi connectivity index (χ1v) is 10.8. The highest BCUT2D eigenvalue weighted by Gasteiger charge is 2.43. The summed E-state index contributed by atoms with van der Waals surface area (Å²) < 4.78 is 41.5. The highest BCUT2D eigenvalue weighted by molar-refractivity contribution is 5.90. The second kappa shape index (κ2) is 7.47. The zero-order valence-electron chi connectivity index (χ0n) is 17.1. The predicted octanol–water partition coefficient (Wildman–Crippen LogP) is 4.53. The van der Waals surface area contributed by atoms with Gasteiger partial charge in [0.2, 0.25) is 0 Å². The van der Waals surface area contributed by atoms with Crippen LogP contribution >= 0.6 is 0 Å². The van der Waals surface area contributed by atoms with Gasteiger partial charge in [-0.25, -0.2) is 9.97 Å². The van der Waals surface area contributed by atoms with E-state index in [9.17, 15) is 13.2 Å². The molecule has 0 aromatic carbocycles. The van der Waals surface area contributed by atoms with Crippen molar-refractivity contribution < 1.29 is 13.2 Å². The molecule has 6 nitrogen and oxygen atoms in total. The van der Waals surface area contributed by atoms with E-state index in [1.54, 1.807) is 18.3 Å². The lowest BCUT2D eigenvalue weighted by Crippen LogP contribution is -2.56. The Hall–Kier alpha value is -2.68. The minimum absolute atomic E-state index is 0.0179. The zero-order valence-corrected chi connectivity index (χ0v) is 17.1. The zero-order chi connectivity index (χ0) is 21.6. The van der Waals surface area contributed by atoms with E-state index in [4.69, 9.17) is 5.73 Å². The molecule has 1 saturated carbocycles. The van der Waals surface area contributed by atoms with Crippen molar-refractivity contribution >= 4 is 16.9 Å². The van der Waals surface area contributed by atoms with Gasteiger partial charge in [-0.05, 0) is 43.5 Å². The van der Waals surface area contributed by atoms with Gasteiger partial charge in [-0.15, -0.1) is 0 Å². The monoisotopic (exact) mass is 430 g/mol. The number of H-pyrrole nitrogens is 1. The summed E-state index contributed by atoms with van der Waals surface area (Å²) >= 11 is 0. The molecule has 0 amide bonds. The first-order valence-electron chi connectivity index (χ1n) is 10.8. The molecule has 164 valence electrons. The topological polar surface area (TPSA) is 83.7 Å². The number of anilines is 1. The van der Waals surface area contributed by atoms with Gasteiger partial charge in [0.15, 0.2) is 5.65 Å². The number of nitrogens with two attached hydrogens (primary N) is 1. The molecule has 3 aromatic heterocycles. The molecule has 1 unspecified atom stereocenters. The summed E-state index contributed by atoms with van der Waals surface area (Å²) in [5.74, 6) is 0.542. The van der Waals surface area contributed by atoms with E-state index in [-0.39, 0.29) is 22.8 Å². The van der Waals surface area contributed by atoms with Crippen molar-refractivity contribution in [2.24, 2.45) is 11.1 Å². The Bertz CT molecular complexity index is 1090. The lowest BCUT2D eigenvalue weighted by molar-refractivity contribution is -0.137. The summed E-state index contributed by atoms with van der Waals surface area (Å²) in [5, 5.41) is 7.37. The second-order valence-corrected chi connectivity index (χ2v) is 8.77. The fourth-order valence-electron chi connectivity index (χ4n) is 5.23. The van der Waals surface area contributed by atoms with E-state index in [0.29, 0.717) is 23.4 Å². The molecule has 1 aliphatic carbocycles. The second-order valence-electron chi connectivity index (χ2n) is 8.77. The molecule has 1 atom stereocenters. The molecule has 1 aliphatic heterocycles. The third-order valence-electron chi connectivity index (χ3n) is 6.92. The molecule has 31 heavy (non-hydrogen) atoms. The molecule has 2 aliphatic rings. The van der Waals surface area contributed by atoms with Crippen LogP contribution in [0.1, 0.15) is 44.1 Å². The number of aromatic amines is 1. The average Bonchev–Trinajstić information content (AvgIpc) is 3.19. The standard InChI is InChI=1S/C22H25F3N6/c23-22(24,25)15-6-7-17(28-19(15)18-14-5-4-11-27-20(14)30-29-18)31-12-8-16(26)21(13-31)9-2-1-3-10-21/h4-7,11,16H,1-3,8-10,12-13,26H2,(H,27,29,30). The van der Waals surface area contributed by atoms with Gasteiger partial charge in [0.05, 0.1) is 5.56 Å². The van der Waals surface area contributed by atoms with Crippen LogP contribution in [0.2, 0.25) is 0 Å². The highest BCUT2D eigenvalue weighted by atomic mass is 19.4. The quantitative estimate of drug-likeness (QED) is 0.624. The van der Waals surface area contributed by atoms with E-state index >= 15 is 0 Å². The van der Waals surface area contributed by atoms with Crippen LogP contribution in [0.3, 0.4) is 0 Å². The number of fused-ring (bicyclic) bond motifs is 1. The third kappa shape index (κ3) is 3.54. The van der Waals surface area contributed by atoms with E-state index in [1.165, 1.54) is 12.5 Å². The van der Waals surface area contributed by atoms with Crippen molar-refractivity contribution in [1.82, 2.24) is 20.2 Å². The molecule has 1 saturated heterocycles. The van der Waals surface area contributed by atoms with Gasteiger partial charge in [-0.3, -0.25) is 5.10 Å². The lowest BCUT2D eigenvalue weighted by atomic mass is 9.66. The van der Waals surface area contributed by atoms with E-state index in [0.717, 1.165) is 44.7 Å². The number of hydrogen-bond acceptors (Lipinski definition) is 5. The summed E-state index contributed by atoms with van der Waals surface area (Å²) in [4.78, 5) is 10.8. The Balaban J connectivity index is 1.57. The molecule has 3 N–H and O–H groups in total. The van der Waals surface area contributed by atoms with Gasteiger partial charge in [0.25, 0.3) is 0 Å². The van der Waals surface area contributed by atoms with Crippen LogP contribution in [0.4, 0.5) is 19.0 Å². The number of halogens is 3. The van der Waals surface area contributed by atoms with Gasteiger partial charge in [0, 0.05) is 36.1 Å². The van der Waals surface area contributed by atoms with Gasteiger partial charge in [0.1, 0.15) is 17.2 Å². The Morgan fingerprint density at radius 1 is 1.10 bits per heavy atom. The number of aromatic nitrogens is 4.